The van der Waals surface area contributed by atoms with Gasteiger partial charge in [0.2, 0.25) is 5.91 Å². The Kier molecular flexibility index (Phi) is 7.40. The summed E-state index contributed by atoms with van der Waals surface area (Å²) in [5.41, 5.74) is 7.35. The van der Waals surface area contributed by atoms with Gasteiger partial charge >= 0.3 is 6.18 Å². The zero-order chi connectivity index (χ0) is 21.6. The molecule has 0 saturated carbocycles. The van der Waals surface area contributed by atoms with Crippen molar-refractivity contribution < 1.29 is 18.0 Å². The molecule has 0 saturated heterocycles. The summed E-state index contributed by atoms with van der Waals surface area (Å²) >= 11 is 0. The number of halogens is 3. The Balaban J connectivity index is 2.41. The minimum atomic E-state index is -4.75. The molecule has 0 fully saturated rings. The minimum Gasteiger partial charge on any atom is -0.320 e. The summed E-state index contributed by atoms with van der Waals surface area (Å²) in [6, 6.07) is 13.4. The maximum atomic E-state index is 13.9. The average Bonchev–Trinajstić information content (AvgIpc) is 2.66. The molecule has 7 heteroatoms. The number of benzene rings is 2. The summed E-state index contributed by atoms with van der Waals surface area (Å²) in [5, 5.41) is 9.05. The molecular formula is C22H24F3N3O. The summed E-state index contributed by atoms with van der Waals surface area (Å²) in [6.45, 7) is 2.95. The summed E-state index contributed by atoms with van der Waals surface area (Å²) in [5.74, 6) is -0.845. The number of rotatable bonds is 7. The van der Waals surface area contributed by atoms with E-state index in [1.165, 1.54) is 12.1 Å². The van der Waals surface area contributed by atoms with Crippen LogP contribution >= 0.6 is 0 Å². The Morgan fingerprint density at radius 2 is 1.62 bits per heavy atom. The molecule has 0 aromatic heterocycles. The first kappa shape index (κ1) is 22.4. The Bertz CT molecular complexity index is 842. The predicted octanol–water partition coefficient (Wildman–Crippen LogP) is 4.68. The van der Waals surface area contributed by atoms with Crippen LogP contribution in [0.5, 0.6) is 0 Å². The van der Waals surface area contributed by atoms with Gasteiger partial charge in [-0.15, -0.1) is 0 Å². The SMILES string of the molecule is CC(C)C[C@H](N)C(=O)N(CC#N)C(c1ccc(-c2ccccc2)cc1)C(F)(F)F. The zero-order valence-electron chi connectivity index (χ0n) is 16.4. The number of carbonyl (C=O) groups excluding carboxylic acids is 1. The van der Waals surface area contributed by atoms with Crippen molar-refractivity contribution in [1.29, 1.82) is 5.26 Å². The topological polar surface area (TPSA) is 70.1 Å². The van der Waals surface area contributed by atoms with Gasteiger partial charge in [-0.2, -0.15) is 18.4 Å². The Labute approximate surface area is 168 Å². The lowest BCUT2D eigenvalue weighted by molar-refractivity contribution is -0.191. The molecule has 0 aliphatic carbocycles. The molecule has 1 unspecified atom stereocenters. The van der Waals surface area contributed by atoms with Crippen molar-refractivity contribution in [2.45, 2.75) is 38.5 Å². The zero-order valence-corrected chi connectivity index (χ0v) is 16.4. The number of alkyl halides is 3. The third-order valence-electron chi connectivity index (χ3n) is 4.52. The third-order valence-corrected chi connectivity index (χ3v) is 4.52. The standard InChI is InChI=1S/C22H24F3N3O/c1-15(2)14-19(27)21(29)28(13-12-26)20(22(23,24)25)18-10-8-17(9-11-18)16-6-4-3-5-7-16/h3-11,15,19-20H,13-14,27H2,1-2H3/t19-,20?/m0/s1. The van der Waals surface area contributed by atoms with E-state index in [0.717, 1.165) is 11.1 Å². The molecule has 0 radical (unpaired) electrons. The molecule has 2 aromatic carbocycles. The van der Waals surface area contributed by atoms with E-state index < -0.39 is 30.7 Å². The monoisotopic (exact) mass is 403 g/mol. The van der Waals surface area contributed by atoms with Gasteiger partial charge in [0.05, 0.1) is 12.1 Å². The molecule has 2 aromatic rings. The van der Waals surface area contributed by atoms with Gasteiger partial charge in [0, 0.05) is 0 Å². The lowest BCUT2D eigenvalue weighted by Gasteiger charge is -2.33. The Hall–Kier alpha value is -2.85. The number of carbonyl (C=O) groups is 1. The number of nitrogens with two attached hydrogens (primary N) is 1. The molecule has 2 atom stereocenters. The van der Waals surface area contributed by atoms with E-state index >= 15 is 0 Å². The summed E-state index contributed by atoms with van der Waals surface area (Å²) < 4.78 is 41.8. The summed E-state index contributed by atoms with van der Waals surface area (Å²) in [4.78, 5) is 13.2. The number of amides is 1. The molecule has 29 heavy (non-hydrogen) atoms. The van der Waals surface area contributed by atoms with Crippen molar-refractivity contribution in [3.05, 3.63) is 60.2 Å². The first-order valence-electron chi connectivity index (χ1n) is 9.30. The van der Waals surface area contributed by atoms with Gasteiger partial charge in [-0.1, -0.05) is 68.4 Å². The molecule has 1 amide bonds. The maximum absolute atomic E-state index is 13.9. The van der Waals surface area contributed by atoms with Crippen LogP contribution in [0, 0.1) is 17.2 Å². The molecule has 0 aliphatic rings. The van der Waals surface area contributed by atoms with Gasteiger partial charge in [0.1, 0.15) is 6.54 Å². The molecular weight excluding hydrogens is 379 g/mol. The van der Waals surface area contributed by atoms with Crippen molar-refractivity contribution in [1.82, 2.24) is 4.90 Å². The van der Waals surface area contributed by atoms with Crippen LogP contribution in [0.3, 0.4) is 0 Å². The lowest BCUT2D eigenvalue weighted by Crippen LogP contribution is -2.49. The summed E-state index contributed by atoms with van der Waals surface area (Å²) in [7, 11) is 0. The van der Waals surface area contributed by atoms with E-state index in [0.29, 0.717) is 4.90 Å². The van der Waals surface area contributed by atoms with Gasteiger partial charge in [0.15, 0.2) is 6.04 Å². The van der Waals surface area contributed by atoms with E-state index in [9.17, 15) is 18.0 Å². The van der Waals surface area contributed by atoms with E-state index in [2.05, 4.69) is 0 Å². The van der Waals surface area contributed by atoms with Crippen LogP contribution < -0.4 is 5.73 Å². The maximum Gasteiger partial charge on any atom is 0.413 e. The van der Waals surface area contributed by atoms with Crippen molar-refractivity contribution in [3.8, 4) is 17.2 Å². The fourth-order valence-electron chi connectivity index (χ4n) is 3.23. The smallest absolute Gasteiger partial charge is 0.320 e. The number of nitrogens with zero attached hydrogens (tertiary/aromatic N) is 2. The van der Waals surface area contributed by atoms with Crippen molar-refractivity contribution in [2.24, 2.45) is 11.7 Å². The molecule has 2 N–H and O–H groups in total. The molecule has 0 aliphatic heterocycles. The minimum absolute atomic E-state index is 0.0346. The van der Waals surface area contributed by atoms with Gasteiger partial charge in [-0.3, -0.25) is 4.79 Å². The van der Waals surface area contributed by atoms with Crippen molar-refractivity contribution >= 4 is 5.91 Å². The van der Waals surface area contributed by atoms with E-state index in [4.69, 9.17) is 11.0 Å². The number of hydrogen-bond acceptors (Lipinski definition) is 3. The highest BCUT2D eigenvalue weighted by Crippen LogP contribution is 2.38. The first-order valence-corrected chi connectivity index (χ1v) is 9.30. The molecule has 4 nitrogen and oxygen atoms in total. The third kappa shape index (κ3) is 5.81. The normalized spacial score (nSPS) is 13.6. The van der Waals surface area contributed by atoms with Crippen molar-refractivity contribution in [2.75, 3.05) is 6.54 Å². The largest absolute Gasteiger partial charge is 0.413 e. The lowest BCUT2D eigenvalue weighted by atomic mass is 9.98. The predicted molar refractivity (Wildman–Crippen MR) is 105 cm³/mol. The second kappa shape index (κ2) is 9.57. The quantitative estimate of drug-likeness (QED) is 0.682. The van der Waals surface area contributed by atoms with Crippen LogP contribution in [0.2, 0.25) is 0 Å². The van der Waals surface area contributed by atoms with Crippen LogP contribution in [0.15, 0.2) is 54.6 Å². The van der Waals surface area contributed by atoms with E-state index in [1.807, 2.05) is 44.2 Å². The van der Waals surface area contributed by atoms with E-state index in [-0.39, 0.29) is 17.9 Å². The highest BCUT2D eigenvalue weighted by Gasteiger charge is 2.47. The number of nitriles is 1. The summed E-state index contributed by atoms with van der Waals surface area (Å²) in [6.07, 6.45) is -4.52. The molecule has 0 spiro atoms. The first-order chi connectivity index (χ1) is 13.6. The molecule has 2 rings (SSSR count). The molecule has 154 valence electrons. The van der Waals surface area contributed by atoms with Crippen LogP contribution in [-0.2, 0) is 4.79 Å². The van der Waals surface area contributed by atoms with Gasteiger partial charge in [-0.25, -0.2) is 0 Å². The highest BCUT2D eigenvalue weighted by molar-refractivity contribution is 5.82. The second-order valence-corrected chi connectivity index (χ2v) is 7.29. The van der Waals surface area contributed by atoms with Crippen LogP contribution in [-0.4, -0.2) is 29.6 Å². The van der Waals surface area contributed by atoms with Crippen LogP contribution in [0.4, 0.5) is 13.2 Å². The average molecular weight is 403 g/mol. The highest BCUT2D eigenvalue weighted by atomic mass is 19.4. The van der Waals surface area contributed by atoms with Crippen LogP contribution in [0.25, 0.3) is 11.1 Å². The molecule has 0 heterocycles. The number of hydrogen-bond donors (Lipinski definition) is 1. The fraction of sp³-hybridized carbons (Fsp3) is 0.364. The Morgan fingerprint density at radius 1 is 1.07 bits per heavy atom. The van der Waals surface area contributed by atoms with Gasteiger partial charge in [-0.05, 0) is 29.0 Å². The van der Waals surface area contributed by atoms with Gasteiger partial charge < -0.3 is 10.6 Å². The second-order valence-electron chi connectivity index (χ2n) is 7.29. The molecule has 0 bridgehead atoms. The van der Waals surface area contributed by atoms with E-state index in [1.54, 1.807) is 18.2 Å². The van der Waals surface area contributed by atoms with Crippen molar-refractivity contribution in [3.63, 3.8) is 0 Å². The fourth-order valence-corrected chi connectivity index (χ4v) is 3.23. The van der Waals surface area contributed by atoms with Gasteiger partial charge in [0.25, 0.3) is 0 Å². The Morgan fingerprint density at radius 3 is 2.10 bits per heavy atom. The van der Waals surface area contributed by atoms with Crippen LogP contribution in [0.1, 0.15) is 31.9 Å².